The van der Waals surface area contributed by atoms with Crippen molar-refractivity contribution in [3.63, 3.8) is 0 Å². The van der Waals surface area contributed by atoms with Crippen molar-refractivity contribution in [2.45, 2.75) is 32.9 Å². The number of benzene rings is 1. The van der Waals surface area contributed by atoms with Gasteiger partial charge >= 0.3 is 0 Å². The Labute approximate surface area is 170 Å². The minimum absolute atomic E-state index is 0.104. The summed E-state index contributed by atoms with van der Waals surface area (Å²) in [5.74, 6) is -0.127. The molecule has 1 atom stereocenters. The van der Waals surface area contributed by atoms with Gasteiger partial charge in [-0.25, -0.2) is 0 Å². The van der Waals surface area contributed by atoms with Crippen LogP contribution in [0, 0.1) is 17.2 Å². The lowest BCUT2D eigenvalue weighted by Crippen LogP contribution is -2.46. The molecule has 0 saturated heterocycles. The lowest BCUT2D eigenvalue weighted by Gasteiger charge is -2.31. The molecule has 0 fully saturated rings. The first kappa shape index (κ1) is 21.9. The van der Waals surface area contributed by atoms with Crippen molar-refractivity contribution < 1.29 is 9.90 Å². The van der Waals surface area contributed by atoms with E-state index >= 15 is 0 Å². The van der Waals surface area contributed by atoms with E-state index in [2.05, 4.69) is 11.4 Å². The van der Waals surface area contributed by atoms with Crippen LogP contribution in [0.1, 0.15) is 25.8 Å². The van der Waals surface area contributed by atoms with E-state index in [9.17, 15) is 10.1 Å². The number of amides is 1. The van der Waals surface area contributed by atoms with Gasteiger partial charge in [0.1, 0.15) is 12.6 Å². The van der Waals surface area contributed by atoms with Crippen LogP contribution in [-0.4, -0.2) is 36.8 Å². The van der Waals surface area contributed by atoms with Gasteiger partial charge in [-0.15, -0.1) is 11.3 Å². The molecule has 0 aliphatic carbocycles. The predicted octanol–water partition coefficient (Wildman–Crippen LogP) is 2.73. The van der Waals surface area contributed by atoms with Crippen LogP contribution in [-0.2, 0) is 11.3 Å². The number of nitriles is 1. The molecule has 0 radical (unpaired) electrons. The second kappa shape index (κ2) is 10.8. The third-order valence-corrected chi connectivity index (χ3v) is 5.21. The van der Waals surface area contributed by atoms with Gasteiger partial charge in [-0.1, -0.05) is 38.1 Å². The number of rotatable bonds is 11. The van der Waals surface area contributed by atoms with E-state index in [1.54, 1.807) is 11.3 Å². The number of thiophene rings is 1. The topological polar surface area (TPSA) is 102 Å². The lowest BCUT2D eigenvalue weighted by molar-refractivity contribution is -0.119. The van der Waals surface area contributed by atoms with Crippen molar-refractivity contribution in [3.8, 4) is 17.2 Å². The number of nitrogens with two attached hydrogens (primary N) is 1. The molecule has 0 aliphatic rings. The quantitative estimate of drug-likeness (QED) is 0.398. The van der Waals surface area contributed by atoms with Crippen LogP contribution in [0.5, 0.6) is 0 Å². The number of nitrogens with one attached hydrogen (secondary N) is 1. The number of aliphatic hydroxyl groups excluding tert-OH is 1. The Morgan fingerprint density at radius 2 is 2.04 bits per heavy atom. The molecule has 0 unspecified atom stereocenters. The van der Waals surface area contributed by atoms with Crippen molar-refractivity contribution in [2.75, 3.05) is 24.6 Å². The zero-order valence-electron chi connectivity index (χ0n) is 16.4. The van der Waals surface area contributed by atoms with Gasteiger partial charge < -0.3 is 21.1 Å². The fraction of sp³-hybridized carbons (Fsp3) is 0.429. The number of primary amides is 1. The summed E-state index contributed by atoms with van der Waals surface area (Å²) in [6, 6.07) is 9.80. The molecule has 0 spiro atoms. The largest absolute Gasteiger partial charge is 0.395 e. The van der Waals surface area contributed by atoms with Gasteiger partial charge in [0, 0.05) is 29.4 Å². The summed E-state index contributed by atoms with van der Waals surface area (Å²) in [4.78, 5) is 13.9. The molecule has 150 valence electrons. The number of hydrogen-bond donors (Lipinski definition) is 3. The maximum absolute atomic E-state index is 12.1. The number of carbonyl (C=O) groups is 1. The molecule has 1 heterocycles. The Balaban J connectivity index is 2.31. The van der Waals surface area contributed by atoms with Crippen LogP contribution in [0.4, 0.5) is 5.69 Å². The fourth-order valence-corrected chi connectivity index (χ4v) is 3.98. The summed E-state index contributed by atoms with van der Waals surface area (Å²) in [6.45, 7) is 5.55. The highest BCUT2D eigenvalue weighted by Crippen LogP contribution is 2.36. The molecule has 1 amide bonds. The molecule has 4 N–H and O–H groups in total. The first-order valence-corrected chi connectivity index (χ1v) is 10.3. The molecule has 1 aromatic heterocycles. The molecule has 1 aromatic carbocycles. The molecule has 28 heavy (non-hydrogen) atoms. The monoisotopic (exact) mass is 400 g/mol. The zero-order valence-corrected chi connectivity index (χ0v) is 17.2. The van der Waals surface area contributed by atoms with E-state index in [4.69, 9.17) is 10.8 Å². The summed E-state index contributed by atoms with van der Waals surface area (Å²) in [7, 11) is 0. The molecule has 7 heteroatoms. The zero-order chi connectivity index (χ0) is 20.5. The average molecular weight is 401 g/mol. The highest BCUT2D eigenvalue weighted by atomic mass is 32.1. The molecular formula is C21H28N4O2S. The molecule has 2 aromatic rings. The molecule has 0 bridgehead atoms. The summed E-state index contributed by atoms with van der Waals surface area (Å²) in [6.07, 6.45) is 0.599. The van der Waals surface area contributed by atoms with E-state index in [1.165, 1.54) is 0 Å². The molecule has 0 aliphatic heterocycles. The number of hydrogen-bond acceptors (Lipinski definition) is 6. The van der Waals surface area contributed by atoms with Crippen LogP contribution < -0.4 is 16.0 Å². The Bertz CT molecular complexity index is 795. The normalized spacial score (nSPS) is 12.0. The minimum Gasteiger partial charge on any atom is -0.395 e. The van der Waals surface area contributed by atoms with Gasteiger partial charge in [0.25, 0.3) is 0 Å². The first-order chi connectivity index (χ1) is 13.5. The van der Waals surface area contributed by atoms with Crippen molar-refractivity contribution in [3.05, 3.63) is 40.6 Å². The van der Waals surface area contributed by atoms with E-state index in [-0.39, 0.29) is 19.1 Å². The van der Waals surface area contributed by atoms with Crippen LogP contribution in [0.3, 0.4) is 0 Å². The van der Waals surface area contributed by atoms with Crippen LogP contribution in [0.2, 0.25) is 0 Å². The van der Waals surface area contributed by atoms with Crippen LogP contribution in [0.15, 0.2) is 35.0 Å². The standard InChI is InChI=1S/C21H28N4O2S/c1-15(2)11-19(21(23)27)25(9-7-22)20-14-28-13-18(20)17-5-3-16(4-6-17)12-24-8-10-26/h3-6,13-15,19,24,26H,8-12H2,1-2H3,(H2,23,27)/t19-/m0/s1. The summed E-state index contributed by atoms with van der Waals surface area (Å²) >= 11 is 1.54. The molecular weight excluding hydrogens is 372 g/mol. The second-order valence-corrected chi connectivity index (χ2v) is 7.85. The number of anilines is 1. The Kier molecular flexibility index (Phi) is 8.45. The SMILES string of the molecule is CC(C)C[C@@H](C(N)=O)N(CC#N)c1cscc1-c1ccc(CNCCO)cc1. The molecule has 0 saturated carbocycles. The summed E-state index contributed by atoms with van der Waals surface area (Å²) in [5, 5.41) is 25.4. The number of carbonyl (C=O) groups excluding carboxylic acids is 1. The Morgan fingerprint density at radius 3 is 2.61 bits per heavy atom. The van der Waals surface area contributed by atoms with Crippen molar-refractivity contribution in [1.29, 1.82) is 5.26 Å². The van der Waals surface area contributed by atoms with E-state index in [1.807, 2.05) is 53.8 Å². The van der Waals surface area contributed by atoms with Crippen molar-refractivity contribution in [1.82, 2.24) is 5.32 Å². The summed E-state index contributed by atoms with van der Waals surface area (Å²) < 4.78 is 0. The Hall–Kier alpha value is -2.40. The highest BCUT2D eigenvalue weighted by Gasteiger charge is 2.27. The van der Waals surface area contributed by atoms with E-state index < -0.39 is 11.9 Å². The predicted molar refractivity (Wildman–Crippen MR) is 114 cm³/mol. The third kappa shape index (κ3) is 5.80. The van der Waals surface area contributed by atoms with Gasteiger partial charge in [0.05, 0.1) is 18.4 Å². The van der Waals surface area contributed by atoms with Crippen molar-refractivity contribution >= 4 is 22.9 Å². The van der Waals surface area contributed by atoms with Gasteiger partial charge in [0.15, 0.2) is 0 Å². The van der Waals surface area contributed by atoms with Gasteiger partial charge in [-0.05, 0) is 23.5 Å². The number of aliphatic hydroxyl groups is 1. The smallest absolute Gasteiger partial charge is 0.240 e. The second-order valence-electron chi connectivity index (χ2n) is 7.10. The van der Waals surface area contributed by atoms with Crippen LogP contribution in [0.25, 0.3) is 11.1 Å². The third-order valence-electron chi connectivity index (χ3n) is 4.47. The molecule has 2 rings (SSSR count). The maximum Gasteiger partial charge on any atom is 0.240 e. The van der Waals surface area contributed by atoms with E-state index in [0.717, 1.165) is 22.4 Å². The van der Waals surface area contributed by atoms with Gasteiger partial charge in [-0.2, -0.15) is 5.26 Å². The maximum atomic E-state index is 12.1. The van der Waals surface area contributed by atoms with Gasteiger partial charge in [0.2, 0.25) is 5.91 Å². The van der Waals surface area contributed by atoms with Crippen LogP contribution >= 0.6 is 11.3 Å². The lowest BCUT2D eigenvalue weighted by atomic mass is 9.99. The van der Waals surface area contributed by atoms with Crippen molar-refractivity contribution in [2.24, 2.45) is 11.7 Å². The van der Waals surface area contributed by atoms with E-state index in [0.29, 0.717) is 19.5 Å². The Morgan fingerprint density at radius 1 is 1.32 bits per heavy atom. The fourth-order valence-electron chi connectivity index (χ4n) is 3.13. The average Bonchev–Trinajstić information content (AvgIpc) is 3.14. The minimum atomic E-state index is -0.519. The first-order valence-electron chi connectivity index (χ1n) is 9.37. The van der Waals surface area contributed by atoms with Gasteiger partial charge in [-0.3, -0.25) is 4.79 Å². The highest BCUT2D eigenvalue weighted by molar-refractivity contribution is 7.08. The summed E-state index contributed by atoms with van der Waals surface area (Å²) in [5.41, 5.74) is 9.68. The number of nitrogens with zero attached hydrogens (tertiary/aromatic N) is 2. The molecule has 6 nitrogen and oxygen atoms in total.